The van der Waals surface area contributed by atoms with E-state index in [2.05, 4.69) is 0 Å². The van der Waals surface area contributed by atoms with E-state index in [-0.39, 0.29) is 19.8 Å². The van der Waals surface area contributed by atoms with Gasteiger partial charge >= 0.3 is 17.9 Å². The van der Waals surface area contributed by atoms with Gasteiger partial charge in [-0.25, -0.2) is 14.4 Å². The smallest absolute Gasteiger partial charge is 0.328 e. The predicted molar refractivity (Wildman–Crippen MR) is 183 cm³/mol. The van der Waals surface area contributed by atoms with Crippen LogP contribution in [-0.4, -0.2) is 33.2 Å². The lowest BCUT2D eigenvalue weighted by Gasteiger charge is -2.23. The number of aliphatic carboxylic acids is 3. The van der Waals surface area contributed by atoms with Gasteiger partial charge in [0.2, 0.25) is 0 Å². The summed E-state index contributed by atoms with van der Waals surface area (Å²) < 4.78 is 18.6. The summed E-state index contributed by atoms with van der Waals surface area (Å²) in [4.78, 5) is 32.5. The van der Waals surface area contributed by atoms with Crippen molar-refractivity contribution in [2.75, 3.05) is 0 Å². The molecule has 9 nitrogen and oxygen atoms in total. The van der Waals surface area contributed by atoms with Gasteiger partial charge in [0.1, 0.15) is 37.1 Å². The van der Waals surface area contributed by atoms with E-state index < -0.39 is 17.9 Å². The lowest BCUT2D eigenvalue weighted by Crippen LogP contribution is -2.13. The van der Waals surface area contributed by atoms with Crippen LogP contribution in [0.5, 0.6) is 17.2 Å². The fourth-order valence-corrected chi connectivity index (χ4v) is 5.03. The predicted octanol–water partition coefficient (Wildman–Crippen LogP) is 7.64. The van der Waals surface area contributed by atoms with Crippen LogP contribution in [0.3, 0.4) is 0 Å². The highest BCUT2D eigenvalue weighted by Gasteiger charge is 2.19. The highest BCUT2D eigenvalue weighted by Crippen LogP contribution is 2.31. The molecule has 0 heterocycles. The van der Waals surface area contributed by atoms with Crippen LogP contribution in [0.15, 0.2) is 91.0 Å². The van der Waals surface area contributed by atoms with E-state index >= 15 is 0 Å². The van der Waals surface area contributed by atoms with Gasteiger partial charge < -0.3 is 29.5 Å². The molecule has 9 heteroatoms. The van der Waals surface area contributed by atoms with Gasteiger partial charge in [0, 0.05) is 18.2 Å². The summed E-state index contributed by atoms with van der Waals surface area (Å²) in [6, 6.07) is 21.5. The molecular formula is C39H36O9. The van der Waals surface area contributed by atoms with E-state index in [1.54, 1.807) is 72.8 Å². The molecule has 3 N–H and O–H groups in total. The third-order valence-corrected chi connectivity index (χ3v) is 7.76. The average Bonchev–Trinajstić information content (AvgIpc) is 3.06. The Morgan fingerprint density at radius 1 is 0.458 bits per heavy atom. The monoisotopic (exact) mass is 648 g/mol. The Hall–Kier alpha value is -6.09. The molecule has 0 aliphatic rings. The molecule has 0 saturated carbocycles. The highest BCUT2D eigenvalue weighted by atomic mass is 16.5. The van der Waals surface area contributed by atoms with E-state index in [0.717, 1.165) is 68.3 Å². The topological polar surface area (TPSA) is 140 Å². The second kappa shape index (κ2) is 16.5. The zero-order chi connectivity index (χ0) is 34.6. The van der Waals surface area contributed by atoms with Crippen LogP contribution < -0.4 is 14.2 Å². The summed E-state index contributed by atoms with van der Waals surface area (Å²) in [5, 5.41) is 26.7. The Kier molecular flexibility index (Phi) is 11.9. The fourth-order valence-electron chi connectivity index (χ4n) is 5.03. The maximum absolute atomic E-state index is 10.8. The van der Waals surface area contributed by atoms with Crippen molar-refractivity contribution in [1.82, 2.24) is 0 Å². The second-order valence-electron chi connectivity index (χ2n) is 10.9. The van der Waals surface area contributed by atoms with Crippen molar-refractivity contribution in [2.24, 2.45) is 0 Å². The summed E-state index contributed by atoms with van der Waals surface area (Å²) in [5.41, 5.74) is 8.22. The summed E-state index contributed by atoms with van der Waals surface area (Å²) >= 11 is 0. The van der Waals surface area contributed by atoms with Gasteiger partial charge in [0.25, 0.3) is 0 Å². The van der Waals surface area contributed by atoms with Gasteiger partial charge in [-0.3, -0.25) is 0 Å². The minimum absolute atomic E-state index is 0.275. The maximum atomic E-state index is 10.8. The standard InChI is InChI=1S/C39H36O9/c1-25-34(22-46-31-13-4-28(5-14-31)10-19-37(40)41)26(2)36(24-48-33-17-8-30(9-18-33)12-21-39(44)45)27(3)35(25)23-47-32-15-6-29(7-16-32)11-20-38(42)43/h4-21H,22-24H2,1-3H3,(H,40,41)(H,42,43)(H,44,45)/b19-10+,20-11+,21-12+. The zero-order valence-corrected chi connectivity index (χ0v) is 26.8. The first-order valence-electron chi connectivity index (χ1n) is 15.0. The maximum Gasteiger partial charge on any atom is 0.328 e. The lowest BCUT2D eigenvalue weighted by atomic mass is 9.89. The van der Waals surface area contributed by atoms with E-state index in [9.17, 15) is 14.4 Å². The Morgan fingerprint density at radius 2 is 0.688 bits per heavy atom. The zero-order valence-electron chi connectivity index (χ0n) is 26.8. The van der Waals surface area contributed by atoms with Crippen molar-refractivity contribution in [1.29, 1.82) is 0 Å². The molecule has 0 unspecified atom stereocenters. The lowest BCUT2D eigenvalue weighted by molar-refractivity contribution is -0.132. The van der Waals surface area contributed by atoms with Crippen LogP contribution in [0.4, 0.5) is 0 Å². The van der Waals surface area contributed by atoms with Crippen LogP contribution in [0, 0.1) is 20.8 Å². The largest absolute Gasteiger partial charge is 0.489 e. The van der Waals surface area contributed by atoms with Crippen molar-refractivity contribution < 1.29 is 43.9 Å². The highest BCUT2D eigenvalue weighted by molar-refractivity contribution is 5.86. The molecule has 0 saturated heterocycles. The Balaban J connectivity index is 1.59. The van der Waals surface area contributed by atoms with Crippen molar-refractivity contribution in [3.63, 3.8) is 0 Å². The SMILES string of the molecule is Cc1c(COc2ccc(/C=C/C(=O)O)cc2)c(C)c(COc2ccc(/C=C/C(=O)O)cc2)c(C)c1COc1ccc(/C=C/C(=O)O)cc1. The third-order valence-electron chi connectivity index (χ3n) is 7.76. The molecule has 0 amide bonds. The van der Waals surface area contributed by atoms with Gasteiger partial charge in [-0.1, -0.05) is 36.4 Å². The average molecular weight is 649 g/mol. The summed E-state index contributed by atoms with van der Waals surface area (Å²) in [6.45, 7) is 6.92. The van der Waals surface area contributed by atoms with E-state index in [4.69, 9.17) is 29.5 Å². The molecule has 246 valence electrons. The Labute approximate surface area is 278 Å². The Morgan fingerprint density at radius 3 is 0.896 bits per heavy atom. The van der Waals surface area contributed by atoms with Crippen molar-refractivity contribution >= 4 is 36.1 Å². The first-order valence-corrected chi connectivity index (χ1v) is 15.0. The summed E-state index contributed by atoms with van der Waals surface area (Å²) in [6.07, 6.45) is 7.78. The van der Waals surface area contributed by atoms with Gasteiger partial charge in [-0.05, 0) is 125 Å². The molecule has 0 atom stereocenters. The molecular weight excluding hydrogens is 612 g/mol. The minimum Gasteiger partial charge on any atom is -0.489 e. The molecule has 0 aliphatic carbocycles. The minimum atomic E-state index is -1.02. The summed E-state index contributed by atoms with van der Waals surface area (Å²) in [7, 11) is 0. The van der Waals surface area contributed by atoms with Crippen molar-refractivity contribution in [2.45, 2.75) is 40.6 Å². The quantitative estimate of drug-likeness (QED) is 0.111. The number of carbonyl (C=O) groups is 3. The number of benzene rings is 4. The molecule has 0 fully saturated rings. The van der Waals surface area contributed by atoms with Crippen LogP contribution in [0.1, 0.15) is 50.1 Å². The van der Waals surface area contributed by atoms with E-state index in [1.807, 2.05) is 20.8 Å². The van der Waals surface area contributed by atoms with E-state index in [1.165, 1.54) is 18.2 Å². The molecule has 4 rings (SSSR count). The van der Waals surface area contributed by atoms with Crippen LogP contribution in [0.25, 0.3) is 18.2 Å². The van der Waals surface area contributed by atoms with Gasteiger partial charge in [-0.15, -0.1) is 0 Å². The van der Waals surface area contributed by atoms with Crippen molar-refractivity contribution in [3.8, 4) is 17.2 Å². The molecule has 0 radical (unpaired) electrons. The number of ether oxygens (including phenoxy) is 3. The van der Waals surface area contributed by atoms with E-state index in [0.29, 0.717) is 17.2 Å². The normalized spacial score (nSPS) is 11.3. The number of carboxylic acid groups (broad SMARTS) is 3. The third kappa shape index (κ3) is 9.95. The molecule has 48 heavy (non-hydrogen) atoms. The number of hydrogen-bond donors (Lipinski definition) is 3. The molecule has 4 aromatic carbocycles. The first-order chi connectivity index (χ1) is 23.0. The fraction of sp³-hybridized carbons (Fsp3) is 0.154. The molecule has 4 aromatic rings. The molecule has 0 bridgehead atoms. The molecule has 0 spiro atoms. The molecule has 0 aromatic heterocycles. The van der Waals surface area contributed by atoms with Gasteiger partial charge in [-0.2, -0.15) is 0 Å². The second-order valence-corrected chi connectivity index (χ2v) is 10.9. The van der Waals surface area contributed by atoms with Crippen LogP contribution >= 0.6 is 0 Å². The number of hydrogen-bond acceptors (Lipinski definition) is 6. The summed E-state index contributed by atoms with van der Waals surface area (Å²) in [5.74, 6) is -1.16. The first kappa shape index (κ1) is 34.8. The van der Waals surface area contributed by atoms with Crippen LogP contribution in [-0.2, 0) is 34.2 Å². The molecule has 0 aliphatic heterocycles. The van der Waals surface area contributed by atoms with Gasteiger partial charge in [0.05, 0.1) is 0 Å². The number of rotatable bonds is 15. The number of carboxylic acids is 3. The van der Waals surface area contributed by atoms with Gasteiger partial charge in [0.15, 0.2) is 0 Å². The van der Waals surface area contributed by atoms with Crippen LogP contribution in [0.2, 0.25) is 0 Å². The van der Waals surface area contributed by atoms with Crippen molar-refractivity contribution in [3.05, 3.63) is 141 Å². The Bertz CT molecular complexity index is 1610.